The predicted molar refractivity (Wildman–Crippen MR) is 63.5 cm³/mol. The Labute approximate surface area is 100 Å². The number of rotatable bonds is 6. The summed E-state index contributed by atoms with van der Waals surface area (Å²) in [5.74, 6) is -0.175. The van der Waals surface area contributed by atoms with Gasteiger partial charge in [-0.05, 0) is 18.6 Å². The summed E-state index contributed by atoms with van der Waals surface area (Å²) in [6, 6.07) is 4.79. The molecular formula is C12H17NO4. The number of benzene rings is 1. The lowest BCUT2D eigenvalue weighted by atomic mass is 10.1. The average molecular weight is 239 g/mol. The maximum atomic E-state index is 11.7. The molecule has 0 saturated carbocycles. The van der Waals surface area contributed by atoms with Crippen molar-refractivity contribution in [3.63, 3.8) is 0 Å². The fraction of sp³-hybridized carbons (Fsp3) is 0.417. The van der Waals surface area contributed by atoms with E-state index in [0.717, 1.165) is 6.42 Å². The zero-order valence-corrected chi connectivity index (χ0v) is 10.0. The first kappa shape index (κ1) is 13.3. The van der Waals surface area contributed by atoms with Gasteiger partial charge in [0.2, 0.25) is 0 Å². The molecule has 0 saturated heterocycles. The maximum absolute atomic E-state index is 11.7. The van der Waals surface area contributed by atoms with Gasteiger partial charge in [-0.15, -0.1) is 0 Å². The van der Waals surface area contributed by atoms with E-state index in [2.05, 4.69) is 5.32 Å². The Kier molecular flexibility index (Phi) is 5.29. The molecule has 0 aliphatic heterocycles. The van der Waals surface area contributed by atoms with Crippen molar-refractivity contribution in [1.29, 1.82) is 0 Å². The van der Waals surface area contributed by atoms with Gasteiger partial charge < -0.3 is 19.9 Å². The number of phenols is 1. The van der Waals surface area contributed by atoms with Crippen LogP contribution in [0.2, 0.25) is 0 Å². The van der Waals surface area contributed by atoms with Gasteiger partial charge in [-0.3, -0.25) is 4.79 Å². The van der Waals surface area contributed by atoms with Crippen LogP contribution in [0.1, 0.15) is 16.8 Å². The minimum atomic E-state index is -0.322. The summed E-state index contributed by atoms with van der Waals surface area (Å²) in [5.41, 5.74) is 0.210. The Morgan fingerprint density at radius 3 is 2.82 bits per heavy atom. The topological polar surface area (TPSA) is 67.8 Å². The molecule has 0 fully saturated rings. The Morgan fingerprint density at radius 2 is 2.18 bits per heavy atom. The number of aromatic hydroxyl groups is 1. The second-order valence-electron chi connectivity index (χ2n) is 3.46. The quantitative estimate of drug-likeness (QED) is 0.731. The normalized spacial score (nSPS) is 10.0. The zero-order valence-electron chi connectivity index (χ0n) is 10.0. The van der Waals surface area contributed by atoms with Crippen molar-refractivity contribution < 1.29 is 19.4 Å². The molecule has 0 unspecified atom stereocenters. The van der Waals surface area contributed by atoms with Crippen LogP contribution in [-0.2, 0) is 4.74 Å². The number of para-hydroxylation sites is 1. The number of methoxy groups -OCH3 is 2. The number of phenolic OH excluding ortho intramolecular Hbond substituents is 1. The molecule has 5 nitrogen and oxygen atoms in total. The van der Waals surface area contributed by atoms with Crippen LogP contribution < -0.4 is 10.1 Å². The summed E-state index contributed by atoms with van der Waals surface area (Å²) < 4.78 is 9.80. The number of nitrogens with one attached hydrogen (secondary N) is 1. The molecule has 5 heteroatoms. The molecule has 0 aliphatic rings. The second-order valence-corrected chi connectivity index (χ2v) is 3.46. The predicted octanol–water partition coefficient (Wildman–Crippen LogP) is 1.17. The Balaban J connectivity index is 2.62. The number of hydrogen-bond acceptors (Lipinski definition) is 4. The number of carbonyl (C=O) groups is 1. The number of hydrogen-bond donors (Lipinski definition) is 2. The molecule has 0 radical (unpaired) electrons. The van der Waals surface area contributed by atoms with E-state index in [-0.39, 0.29) is 23.0 Å². The van der Waals surface area contributed by atoms with E-state index in [1.165, 1.54) is 7.11 Å². The third-order valence-corrected chi connectivity index (χ3v) is 2.27. The lowest BCUT2D eigenvalue weighted by molar-refractivity contribution is 0.0945. The van der Waals surface area contributed by atoms with Crippen LogP contribution in [0.4, 0.5) is 0 Å². The minimum absolute atomic E-state index is 0.140. The largest absolute Gasteiger partial charge is 0.504 e. The fourth-order valence-electron chi connectivity index (χ4n) is 1.38. The molecule has 1 aromatic rings. The molecule has 17 heavy (non-hydrogen) atoms. The van der Waals surface area contributed by atoms with Crippen LogP contribution in [0.15, 0.2) is 18.2 Å². The molecule has 1 rings (SSSR count). The lowest BCUT2D eigenvalue weighted by Crippen LogP contribution is -2.25. The summed E-state index contributed by atoms with van der Waals surface area (Å²) in [6.45, 7) is 1.09. The van der Waals surface area contributed by atoms with Gasteiger partial charge in [-0.25, -0.2) is 0 Å². The van der Waals surface area contributed by atoms with Crippen molar-refractivity contribution in [2.24, 2.45) is 0 Å². The molecule has 0 heterocycles. The molecule has 0 spiro atoms. The van der Waals surface area contributed by atoms with Gasteiger partial charge in [0.25, 0.3) is 5.91 Å². The molecule has 1 amide bonds. The third kappa shape index (κ3) is 3.64. The molecule has 0 aromatic heterocycles. The van der Waals surface area contributed by atoms with E-state index in [1.807, 2.05) is 0 Å². The Morgan fingerprint density at radius 1 is 1.41 bits per heavy atom. The molecule has 0 bridgehead atoms. The van der Waals surface area contributed by atoms with Gasteiger partial charge in [0, 0.05) is 20.3 Å². The van der Waals surface area contributed by atoms with Gasteiger partial charge in [0.15, 0.2) is 11.5 Å². The van der Waals surface area contributed by atoms with Gasteiger partial charge >= 0.3 is 0 Å². The number of amides is 1. The SMILES string of the molecule is COCCCNC(=O)c1cccc(OC)c1O. The van der Waals surface area contributed by atoms with Gasteiger partial charge in [0.1, 0.15) is 0 Å². The van der Waals surface area contributed by atoms with Crippen LogP contribution in [0.5, 0.6) is 11.5 Å². The highest BCUT2D eigenvalue weighted by atomic mass is 16.5. The van der Waals surface area contributed by atoms with Crippen LogP contribution in [0.3, 0.4) is 0 Å². The Hall–Kier alpha value is -1.75. The number of carbonyl (C=O) groups excluding carboxylic acids is 1. The van der Waals surface area contributed by atoms with Crippen LogP contribution in [0.25, 0.3) is 0 Å². The summed E-state index contributed by atoms with van der Waals surface area (Å²) >= 11 is 0. The smallest absolute Gasteiger partial charge is 0.255 e. The summed E-state index contributed by atoms with van der Waals surface area (Å²) in [6.07, 6.45) is 0.729. The number of ether oxygens (including phenoxy) is 2. The Bertz CT molecular complexity index is 379. The first-order valence-corrected chi connectivity index (χ1v) is 5.33. The van der Waals surface area contributed by atoms with E-state index in [4.69, 9.17) is 9.47 Å². The van der Waals surface area contributed by atoms with Crippen LogP contribution in [-0.4, -0.2) is 38.4 Å². The highest BCUT2D eigenvalue weighted by molar-refractivity contribution is 5.97. The second kappa shape index (κ2) is 6.75. The highest BCUT2D eigenvalue weighted by Crippen LogP contribution is 2.28. The monoisotopic (exact) mass is 239 g/mol. The third-order valence-electron chi connectivity index (χ3n) is 2.27. The van der Waals surface area contributed by atoms with Crippen molar-refractivity contribution in [3.05, 3.63) is 23.8 Å². The summed E-state index contributed by atoms with van der Waals surface area (Å²) in [7, 11) is 3.05. The van der Waals surface area contributed by atoms with E-state index >= 15 is 0 Å². The van der Waals surface area contributed by atoms with Crippen molar-refractivity contribution in [2.75, 3.05) is 27.4 Å². The first-order valence-electron chi connectivity index (χ1n) is 5.33. The first-order chi connectivity index (χ1) is 8.20. The molecule has 1 aromatic carbocycles. The molecule has 2 N–H and O–H groups in total. The molecule has 0 aliphatic carbocycles. The van der Waals surface area contributed by atoms with Crippen molar-refractivity contribution in [1.82, 2.24) is 5.32 Å². The molecule has 94 valence electrons. The molecular weight excluding hydrogens is 222 g/mol. The van der Waals surface area contributed by atoms with Gasteiger partial charge in [-0.2, -0.15) is 0 Å². The molecule has 0 atom stereocenters. The fourth-order valence-corrected chi connectivity index (χ4v) is 1.38. The highest BCUT2D eigenvalue weighted by Gasteiger charge is 2.13. The zero-order chi connectivity index (χ0) is 12.7. The minimum Gasteiger partial charge on any atom is -0.504 e. The summed E-state index contributed by atoms with van der Waals surface area (Å²) in [5, 5.41) is 12.4. The van der Waals surface area contributed by atoms with Crippen molar-refractivity contribution in [2.45, 2.75) is 6.42 Å². The van der Waals surface area contributed by atoms with E-state index in [9.17, 15) is 9.90 Å². The van der Waals surface area contributed by atoms with Gasteiger partial charge in [-0.1, -0.05) is 6.07 Å². The van der Waals surface area contributed by atoms with Crippen molar-refractivity contribution in [3.8, 4) is 11.5 Å². The average Bonchev–Trinajstić information content (AvgIpc) is 2.34. The van der Waals surface area contributed by atoms with E-state index in [1.54, 1.807) is 25.3 Å². The van der Waals surface area contributed by atoms with E-state index in [0.29, 0.717) is 13.2 Å². The maximum Gasteiger partial charge on any atom is 0.255 e. The van der Waals surface area contributed by atoms with Crippen LogP contribution >= 0.6 is 0 Å². The standard InChI is InChI=1S/C12H17NO4/c1-16-8-4-7-13-12(15)9-5-3-6-10(17-2)11(9)14/h3,5-6,14H,4,7-8H2,1-2H3,(H,13,15). The lowest BCUT2D eigenvalue weighted by Gasteiger charge is -2.09. The summed E-state index contributed by atoms with van der Waals surface area (Å²) in [4.78, 5) is 11.7. The van der Waals surface area contributed by atoms with E-state index < -0.39 is 0 Å². The van der Waals surface area contributed by atoms with Crippen LogP contribution in [0, 0.1) is 0 Å². The van der Waals surface area contributed by atoms with Crippen molar-refractivity contribution >= 4 is 5.91 Å². The van der Waals surface area contributed by atoms with Gasteiger partial charge in [0.05, 0.1) is 12.7 Å².